The van der Waals surface area contributed by atoms with Crippen LogP contribution in [0, 0.1) is 0 Å². The summed E-state index contributed by atoms with van der Waals surface area (Å²) >= 11 is 3.43. The highest BCUT2D eigenvalue weighted by atomic mass is 79.9. The Labute approximate surface area is 204 Å². The van der Waals surface area contributed by atoms with Crippen molar-refractivity contribution in [2.24, 2.45) is 0 Å². The summed E-state index contributed by atoms with van der Waals surface area (Å²) < 4.78 is 18.3. The lowest BCUT2D eigenvalue weighted by Crippen LogP contribution is -2.29. The van der Waals surface area contributed by atoms with E-state index in [1.807, 2.05) is 62.4 Å². The molecule has 1 aromatic heterocycles. The number of halogens is 1. The van der Waals surface area contributed by atoms with Crippen molar-refractivity contribution in [2.75, 3.05) is 18.1 Å². The summed E-state index contributed by atoms with van der Waals surface area (Å²) in [5, 5.41) is 0.414. The standard InChI is InChI=1S/C27H22BrNO5/c1-3-32-21-12-10-16(14-22(21)33-4-2)24-23-25(30)19-15-17(28)11-13-20(19)34-26(23)27(31)29(24)18-8-6-5-7-9-18/h5-15,24H,3-4H2,1-2H3. The van der Waals surface area contributed by atoms with Crippen LogP contribution in [0.1, 0.15) is 41.6 Å². The summed E-state index contributed by atoms with van der Waals surface area (Å²) in [4.78, 5) is 29.0. The molecule has 0 bridgehead atoms. The molecule has 0 saturated carbocycles. The van der Waals surface area contributed by atoms with Crippen LogP contribution in [0.15, 0.2) is 80.4 Å². The van der Waals surface area contributed by atoms with Gasteiger partial charge in [0.25, 0.3) is 5.91 Å². The summed E-state index contributed by atoms with van der Waals surface area (Å²) in [5.74, 6) is 0.863. The van der Waals surface area contributed by atoms with E-state index in [1.165, 1.54) is 0 Å². The first-order chi connectivity index (χ1) is 16.5. The number of amides is 1. The van der Waals surface area contributed by atoms with Gasteiger partial charge in [0.15, 0.2) is 16.9 Å². The predicted molar refractivity (Wildman–Crippen MR) is 134 cm³/mol. The topological polar surface area (TPSA) is 69.0 Å². The van der Waals surface area contributed by atoms with Crippen LogP contribution < -0.4 is 19.8 Å². The van der Waals surface area contributed by atoms with E-state index >= 15 is 0 Å². The van der Waals surface area contributed by atoms with Gasteiger partial charge in [0.2, 0.25) is 5.76 Å². The number of carbonyl (C=O) groups excluding carboxylic acids is 1. The molecule has 0 aliphatic carbocycles. The van der Waals surface area contributed by atoms with E-state index in [-0.39, 0.29) is 17.1 Å². The third-order valence-corrected chi connectivity index (χ3v) is 6.24. The molecule has 0 radical (unpaired) electrons. The number of hydrogen-bond donors (Lipinski definition) is 0. The number of carbonyl (C=O) groups is 1. The molecule has 1 amide bonds. The molecular weight excluding hydrogens is 498 g/mol. The normalized spacial score (nSPS) is 15.0. The Bertz CT molecular complexity index is 1450. The van der Waals surface area contributed by atoms with Gasteiger partial charge in [-0.3, -0.25) is 14.5 Å². The van der Waals surface area contributed by atoms with Gasteiger partial charge >= 0.3 is 0 Å². The molecule has 1 atom stereocenters. The van der Waals surface area contributed by atoms with Crippen LogP contribution in [0.5, 0.6) is 11.5 Å². The molecule has 0 spiro atoms. The second-order valence-electron chi connectivity index (χ2n) is 7.80. The Morgan fingerprint density at radius 3 is 2.38 bits per heavy atom. The first-order valence-electron chi connectivity index (χ1n) is 11.1. The molecule has 1 aliphatic heterocycles. The average molecular weight is 520 g/mol. The largest absolute Gasteiger partial charge is 0.490 e. The van der Waals surface area contributed by atoms with E-state index in [1.54, 1.807) is 23.1 Å². The molecule has 5 rings (SSSR count). The van der Waals surface area contributed by atoms with E-state index in [0.29, 0.717) is 46.9 Å². The summed E-state index contributed by atoms with van der Waals surface area (Å²) in [6, 6.07) is 19.3. The highest BCUT2D eigenvalue weighted by Gasteiger charge is 2.43. The third kappa shape index (κ3) is 3.66. The molecule has 34 heavy (non-hydrogen) atoms. The Morgan fingerprint density at radius 1 is 0.912 bits per heavy atom. The Hall–Kier alpha value is -3.58. The quantitative estimate of drug-likeness (QED) is 0.307. The summed E-state index contributed by atoms with van der Waals surface area (Å²) in [7, 11) is 0. The zero-order valence-corrected chi connectivity index (χ0v) is 20.3. The summed E-state index contributed by atoms with van der Waals surface area (Å²) in [5.41, 5.74) is 1.84. The van der Waals surface area contributed by atoms with Crippen LogP contribution in [0.3, 0.4) is 0 Å². The molecule has 2 heterocycles. The molecule has 1 aliphatic rings. The second kappa shape index (κ2) is 8.99. The maximum absolute atomic E-state index is 13.7. The average Bonchev–Trinajstić information content (AvgIpc) is 3.14. The molecular formula is C27H22BrNO5. The van der Waals surface area contributed by atoms with Crippen molar-refractivity contribution in [1.82, 2.24) is 0 Å². The maximum Gasteiger partial charge on any atom is 0.295 e. The van der Waals surface area contributed by atoms with Crippen molar-refractivity contribution in [2.45, 2.75) is 19.9 Å². The molecule has 6 nitrogen and oxygen atoms in total. The minimum Gasteiger partial charge on any atom is -0.490 e. The zero-order valence-electron chi connectivity index (χ0n) is 18.7. The molecule has 7 heteroatoms. The van der Waals surface area contributed by atoms with Crippen molar-refractivity contribution >= 4 is 38.5 Å². The maximum atomic E-state index is 13.7. The van der Waals surface area contributed by atoms with E-state index < -0.39 is 6.04 Å². The Kier molecular flexibility index (Phi) is 5.87. The van der Waals surface area contributed by atoms with Gasteiger partial charge in [-0.15, -0.1) is 0 Å². The predicted octanol–water partition coefficient (Wildman–Crippen LogP) is 6.10. The van der Waals surface area contributed by atoms with E-state index in [9.17, 15) is 9.59 Å². The van der Waals surface area contributed by atoms with Crippen molar-refractivity contribution < 1.29 is 18.7 Å². The lowest BCUT2D eigenvalue weighted by atomic mass is 9.97. The lowest BCUT2D eigenvalue weighted by Gasteiger charge is -2.26. The lowest BCUT2D eigenvalue weighted by molar-refractivity contribution is 0.0971. The van der Waals surface area contributed by atoms with Crippen molar-refractivity contribution in [1.29, 1.82) is 0 Å². The summed E-state index contributed by atoms with van der Waals surface area (Å²) in [6.07, 6.45) is 0. The van der Waals surface area contributed by atoms with Gasteiger partial charge in [-0.2, -0.15) is 0 Å². The molecule has 172 valence electrons. The van der Waals surface area contributed by atoms with Crippen LogP contribution in [0.4, 0.5) is 5.69 Å². The third-order valence-electron chi connectivity index (χ3n) is 5.75. The van der Waals surface area contributed by atoms with E-state index in [2.05, 4.69) is 15.9 Å². The van der Waals surface area contributed by atoms with E-state index in [4.69, 9.17) is 13.9 Å². The van der Waals surface area contributed by atoms with Crippen LogP contribution >= 0.6 is 15.9 Å². The number of hydrogen-bond acceptors (Lipinski definition) is 5. The molecule has 4 aromatic rings. The van der Waals surface area contributed by atoms with Crippen molar-refractivity contribution in [3.63, 3.8) is 0 Å². The highest BCUT2D eigenvalue weighted by molar-refractivity contribution is 9.10. The number of rotatable bonds is 6. The number of benzene rings is 3. The van der Waals surface area contributed by atoms with Gasteiger partial charge in [0.1, 0.15) is 5.58 Å². The number of nitrogens with zero attached hydrogens (tertiary/aromatic N) is 1. The number of ether oxygens (including phenoxy) is 2. The Morgan fingerprint density at radius 2 is 1.65 bits per heavy atom. The molecule has 3 aromatic carbocycles. The van der Waals surface area contributed by atoms with Crippen LogP contribution in [0.25, 0.3) is 11.0 Å². The van der Waals surface area contributed by atoms with E-state index in [0.717, 1.165) is 10.0 Å². The summed E-state index contributed by atoms with van der Waals surface area (Å²) in [6.45, 7) is 4.74. The monoisotopic (exact) mass is 519 g/mol. The number of para-hydroxylation sites is 1. The highest BCUT2D eigenvalue weighted by Crippen LogP contribution is 2.43. The van der Waals surface area contributed by atoms with Crippen LogP contribution in [-0.2, 0) is 0 Å². The minimum atomic E-state index is -0.681. The van der Waals surface area contributed by atoms with Crippen LogP contribution in [-0.4, -0.2) is 19.1 Å². The van der Waals surface area contributed by atoms with Crippen molar-refractivity contribution in [3.05, 3.63) is 98.3 Å². The zero-order chi connectivity index (χ0) is 23.8. The van der Waals surface area contributed by atoms with Gasteiger partial charge in [-0.25, -0.2) is 0 Å². The van der Waals surface area contributed by atoms with Crippen LogP contribution in [0.2, 0.25) is 0 Å². The molecule has 1 unspecified atom stereocenters. The molecule has 0 fully saturated rings. The second-order valence-corrected chi connectivity index (χ2v) is 8.72. The number of anilines is 1. The fourth-order valence-corrected chi connectivity index (χ4v) is 4.71. The smallest absolute Gasteiger partial charge is 0.295 e. The molecule has 0 saturated heterocycles. The van der Waals surface area contributed by atoms with Gasteiger partial charge < -0.3 is 13.9 Å². The van der Waals surface area contributed by atoms with Gasteiger partial charge in [-0.1, -0.05) is 40.2 Å². The minimum absolute atomic E-state index is 0.0560. The SMILES string of the molecule is CCOc1ccc(C2c3c(oc4ccc(Br)cc4c3=O)C(=O)N2c2ccccc2)cc1OCC. The fourth-order valence-electron chi connectivity index (χ4n) is 4.35. The molecule has 0 N–H and O–H groups in total. The van der Waals surface area contributed by atoms with Gasteiger partial charge in [-0.05, 0) is 61.9 Å². The first-order valence-corrected chi connectivity index (χ1v) is 11.9. The Balaban J connectivity index is 1.78. The van der Waals surface area contributed by atoms with Gasteiger partial charge in [0.05, 0.1) is 30.2 Å². The van der Waals surface area contributed by atoms with Gasteiger partial charge in [0, 0.05) is 10.2 Å². The number of fused-ring (bicyclic) bond motifs is 2. The fraction of sp³-hybridized carbons (Fsp3) is 0.185. The first kappa shape index (κ1) is 22.2. The van der Waals surface area contributed by atoms with Crippen molar-refractivity contribution in [3.8, 4) is 11.5 Å².